The van der Waals surface area contributed by atoms with Crippen molar-refractivity contribution in [3.8, 4) is 23.0 Å². The average Bonchev–Trinajstić information content (AvgIpc) is 3.47. The Bertz CT molecular complexity index is 1010. The van der Waals surface area contributed by atoms with Crippen LogP contribution in [0.3, 0.4) is 0 Å². The van der Waals surface area contributed by atoms with E-state index in [0.717, 1.165) is 25.2 Å². The molecule has 0 radical (unpaired) electrons. The zero-order valence-electron chi connectivity index (χ0n) is 18.6. The molecule has 2 heterocycles. The van der Waals surface area contributed by atoms with E-state index in [4.69, 9.17) is 14.9 Å². The standard InChI is InChI=1S/C20H20O2S.C6H10N2O/c21-13-2-1-3-16-4-6-17(7-5-16)18-8-10-19(11-9-18)23-20-12-14-22-15-20;1-5(9)6-7-3-4-8(6)2/h4-11,20-21H,2,12-15H2;3-5,9H,1-2H3/t20-;/m0./s1. The van der Waals surface area contributed by atoms with E-state index in [9.17, 15) is 0 Å². The van der Waals surface area contributed by atoms with Crippen LogP contribution in [0, 0.1) is 11.8 Å². The number of thioether (sulfide) groups is 1. The van der Waals surface area contributed by atoms with Gasteiger partial charge in [0.25, 0.3) is 0 Å². The third kappa shape index (κ3) is 7.25. The Kier molecular flexibility index (Phi) is 9.39. The van der Waals surface area contributed by atoms with Crippen molar-refractivity contribution in [1.82, 2.24) is 9.55 Å². The van der Waals surface area contributed by atoms with Gasteiger partial charge < -0.3 is 19.5 Å². The molecule has 1 saturated heterocycles. The highest BCUT2D eigenvalue weighted by Gasteiger charge is 2.16. The maximum absolute atomic E-state index is 9.01. The molecule has 2 aromatic carbocycles. The van der Waals surface area contributed by atoms with Gasteiger partial charge in [-0.05, 0) is 48.7 Å². The number of hydrogen-bond donors (Lipinski definition) is 2. The van der Waals surface area contributed by atoms with Crippen molar-refractivity contribution in [3.05, 3.63) is 72.3 Å². The Hall–Kier alpha value is -2.56. The summed E-state index contributed by atoms with van der Waals surface area (Å²) >= 11 is 1.91. The summed E-state index contributed by atoms with van der Waals surface area (Å²) in [5.41, 5.74) is 3.39. The molecule has 0 bridgehead atoms. The van der Waals surface area contributed by atoms with Gasteiger partial charge in [-0.1, -0.05) is 36.1 Å². The van der Waals surface area contributed by atoms with Gasteiger partial charge in [0, 0.05) is 48.2 Å². The Morgan fingerprint density at radius 3 is 2.34 bits per heavy atom. The van der Waals surface area contributed by atoms with E-state index in [1.54, 1.807) is 17.7 Å². The molecule has 0 saturated carbocycles. The molecular formula is C26H30N2O3S. The molecule has 32 heavy (non-hydrogen) atoms. The summed E-state index contributed by atoms with van der Waals surface area (Å²) in [6.07, 6.45) is 4.67. The van der Waals surface area contributed by atoms with Crippen molar-refractivity contribution in [1.29, 1.82) is 0 Å². The van der Waals surface area contributed by atoms with E-state index >= 15 is 0 Å². The zero-order chi connectivity index (χ0) is 22.8. The molecule has 1 unspecified atom stereocenters. The first-order valence-corrected chi connectivity index (χ1v) is 11.6. The Morgan fingerprint density at radius 1 is 1.16 bits per heavy atom. The highest BCUT2D eigenvalue weighted by atomic mass is 32.2. The molecule has 0 amide bonds. The van der Waals surface area contributed by atoms with Crippen LogP contribution in [-0.2, 0) is 11.8 Å². The molecule has 0 aliphatic carbocycles. The number of aromatic nitrogens is 2. The van der Waals surface area contributed by atoms with Crippen LogP contribution in [0.4, 0.5) is 0 Å². The van der Waals surface area contributed by atoms with E-state index in [2.05, 4.69) is 53.2 Å². The number of nitrogens with zero attached hydrogens (tertiary/aromatic N) is 2. The third-order valence-corrected chi connectivity index (χ3v) is 6.21. The number of aliphatic hydroxyl groups excluding tert-OH is 2. The lowest BCUT2D eigenvalue weighted by Crippen LogP contribution is -2.00. The Balaban J connectivity index is 0.000000269. The van der Waals surface area contributed by atoms with E-state index in [0.29, 0.717) is 17.5 Å². The van der Waals surface area contributed by atoms with Crippen LogP contribution in [0.1, 0.15) is 37.3 Å². The number of hydrogen-bond acceptors (Lipinski definition) is 5. The summed E-state index contributed by atoms with van der Waals surface area (Å²) < 4.78 is 7.22. The van der Waals surface area contributed by atoms with Gasteiger partial charge in [0.2, 0.25) is 0 Å². The maximum Gasteiger partial charge on any atom is 0.137 e. The van der Waals surface area contributed by atoms with E-state index < -0.39 is 6.10 Å². The lowest BCUT2D eigenvalue weighted by molar-refractivity contribution is 0.185. The van der Waals surface area contributed by atoms with Crippen molar-refractivity contribution in [2.45, 2.75) is 36.0 Å². The predicted octanol–water partition coefficient (Wildman–Crippen LogP) is 4.44. The van der Waals surface area contributed by atoms with Crippen LogP contribution in [0.5, 0.6) is 0 Å². The van der Waals surface area contributed by atoms with Crippen molar-refractivity contribution >= 4 is 11.8 Å². The summed E-state index contributed by atoms with van der Waals surface area (Å²) in [6.45, 7) is 3.57. The molecule has 3 aromatic rings. The third-order valence-electron chi connectivity index (χ3n) is 4.96. The van der Waals surface area contributed by atoms with Gasteiger partial charge in [-0.3, -0.25) is 0 Å². The number of ether oxygens (including phenoxy) is 1. The molecule has 1 aliphatic heterocycles. The molecule has 1 aromatic heterocycles. The minimum atomic E-state index is -0.468. The maximum atomic E-state index is 9.01. The van der Waals surface area contributed by atoms with Gasteiger partial charge in [-0.25, -0.2) is 4.98 Å². The van der Waals surface area contributed by atoms with Crippen LogP contribution < -0.4 is 0 Å². The highest BCUT2D eigenvalue weighted by molar-refractivity contribution is 8.00. The monoisotopic (exact) mass is 450 g/mol. The van der Waals surface area contributed by atoms with E-state index in [-0.39, 0.29) is 6.61 Å². The summed E-state index contributed by atoms with van der Waals surface area (Å²) in [6, 6.07) is 17.0. The second-order valence-corrected chi connectivity index (χ2v) is 8.93. The second kappa shape index (κ2) is 12.5. The number of imidazole rings is 1. The molecule has 1 fully saturated rings. The fourth-order valence-corrected chi connectivity index (χ4v) is 4.33. The topological polar surface area (TPSA) is 67.5 Å². The number of aryl methyl sites for hydroxylation is 1. The lowest BCUT2D eigenvalue weighted by atomic mass is 10.0. The van der Waals surface area contributed by atoms with Crippen molar-refractivity contribution in [2.24, 2.45) is 7.05 Å². The Labute approximate surface area is 194 Å². The van der Waals surface area contributed by atoms with Crippen LogP contribution >= 0.6 is 11.8 Å². The van der Waals surface area contributed by atoms with Crippen LogP contribution in [0.2, 0.25) is 0 Å². The predicted molar refractivity (Wildman–Crippen MR) is 129 cm³/mol. The van der Waals surface area contributed by atoms with E-state index in [1.807, 2.05) is 37.1 Å². The van der Waals surface area contributed by atoms with E-state index in [1.165, 1.54) is 16.0 Å². The second-order valence-electron chi connectivity index (χ2n) is 7.55. The average molecular weight is 451 g/mol. The minimum Gasteiger partial charge on any atom is -0.395 e. The lowest BCUT2D eigenvalue weighted by Gasteiger charge is -2.08. The van der Waals surface area contributed by atoms with Gasteiger partial charge in [0.1, 0.15) is 11.9 Å². The minimum absolute atomic E-state index is 0.114. The van der Waals surface area contributed by atoms with Crippen LogP contribution in [-0.4, -0.2) is 44.8 Å². The SMILES string of the molecule is CC(O)c1nccn1C.OCCC#Cc1ccc(-c2ccc(S[C@H]3CCOC3)cc2)cc1. The van der Waals surface area contributed by atoms with Crippen molar-refractivity contribution < 1.29 is 14.9 Å². The van der Waals surface area contributed by atoms with Gasteiger partial charge in [0.15, 0.2) is 0 Å². The number of aliphatic hydroxyl groups is 2. The fraction of sp³-hybridized carbons (Fsp3) is 0.346. The molecular weight excluding hydrogens is 420 g/mol. The highest BCUT2D eigenvalue weighted by Crippen LogP contribution is 2.30. The smallest absolute Gasteiger partial charge is 0.137 e. The molecule has 4 rings (SSSR count). The summed E-state index contributed by atoms with van der Waals surface area (Å²) in [5, 5.41) is 18.3. The molecule has 5 nitrogen and oxygen atoms in total. The fourth-order valence-electron chi connectivity index (χ4n) is 3.27. The normalized spacial score (nSPS) is 15.9. The number of benzene rings is 2. The van der Waals surface area contributed by atoms with Crippen LogP contribution in [0.15, 0.2) is 65.8 Å². The first-order chi connectivity index (χ1) is 15.6. The first kappa shape index (κ1) is 24.1. The quantitative estimate of drug-likeness (QED) is 0.563. The van der Waals surface area contributed by atoms with Crippen molar-refractivity contribution in [3.63, 3.8) is 0 Å². The molecule has 1 aliphatic rings. The first-order valence-electron chi connectivity index (χ1n) is 10.8. The van der Waals surface area contributed by atoms with Crippen molar-refractivity contribution in [2.75, 3.05) is 19.8 Å². The molecule has 0 spiro atoms. The molecule has 2 N–H and O–H groups in total. The summed E-state index contributed by atoms with van der Waals surface area (Å²) in [4.78, 5) is 5.23. The summed E-state index contributed by atoms with van der Waals surface area (Å²) in [5.74, 6) is 6.69. The summed E-state index contributed by atoms with van der Waals surface area (Å²) in [7, 11) is 1.86. The Morgan fingerprint density at radius 2 is 1.84 bits per heavy atom. The zero-order valence-corrected chi connectivity index (χ0v) is 19.4. The van der Waals surface area contributed by atoms with Gasteiger partial charge in [-0.15, -0.1) is 11.8 Å². The largest absolute Gasteiger partial charge is 0.395 e. The molecule has 6 heteroatoms. The van der Waals surface area contributed by atoms with Gasteiger partial charge in [-0.2, -0.15) is 0 Å². The molecule has 168 valence electrons. The van der Waals surface area contributed by atoms with Gasteiger partial charge in [0.05, 0.1) is 13.2 Å². The molecule has 2 atom stereocenters. The number of rotatable bonds is 5. The van der Waals surface area contributed by atoms with Crippen LogP contribution in [0.25, 0.3) is 11.1 Å². The van der Waals surface area contributed by atoms with Gasteiger partial charge >= 0.3 is 0 Å².